The molecule has 12 heteroatoms. The number of nitrogens with zero attached hydrogens (tertiary/aromatic N) is 2. The number of aromatic nitrogens is 1. The molecule has 0 aliphatic rings. The van der Waals surface area contributed by atoms with Crippen LogP contribution in [0.2, 0.25) is 0 Å². The molecule has 0 aliphatic carbocycles. The highest BCUT2D eigenvalue weighted by atomic mass is 32.2. The molecule has 2 amide bonds. The minimum atomic E-state index is -0.789. The molecule has 0 aliphatic heterocycles. The molecule has 0 saturated heterocycles. The number of rotatable bonds is 9. The van der Waals surface area contributed by atoms with Crippen LogP contribution in [0.5, 0.6) is 0 Å². The lowest BCUT2D eigenvalue weighted by molar-refractivity contribution is -0.387. The van der Waals surface area contributed by atoms with E-state index in [1.165, 1.54) is 12.1 Å². The zero-order valence-electron chi connectivity index (χ0n) is 17.3. The molecule has 170 valence electrons. The number of nitro benzene ring substituents is 1. The summed E-state index contributed by atoms with van der Waals surface area (Å²) in [5, 5.41) is 14.1. The van der Waals surface area contributed by atoms with Crippen molar-refractivity contribution in [3.8, 4) is 11.3 Å². The van der Waals surface area contributed by atoms with Crippen LogP contribution in [0.3, 0.4) is 0 Å². The molecule has 0 bridgehead atoms. The number of hydrogen-bond donors (Lipinski definition) is 2. The number of primary amides is 1. The van der Waals surface area contributed by atoms with Crippen LogP contribution < -0.4 is 11.1 Å². The van der Waals surface area contributed by atoms with Gasteiger partial charge in [0.2, 0.25) is 11.8 Å². The first-order chi connectivity index (χ1) is 15.8. The average Bonchev–Trinajstić information content (AvgIpc) is 3.22. The quantitative estimate of drug-likeness (QED) is 0.201. The Morgan fingerprint density at radius 2 is 1.94 bits per heavy atom. The summed E-state index contributed by atoms with van der Waals surface area (Å²) in [6, 6.07) is 12.8. The van der Waals surface area contributed by atoms with Gasteiger partial charge >= 0.3 is 5.97 Å². The monoisotopic (exact) mass is 486 g/mol. The lowest BCUT2D eigenvalue weighted by Crippen LogP contribution is -2.14. The van der Waals surface area contributed by atoms with Gasteiger partial charge in [0.05, 0.1) is 27.9 Å². The number of thiazole rings is 1. The number of carbonyl (C=O) groups excluding carboxylic acids is 3. The normalized spacial score (nSPS) is 10.5. The van der Waals surface area contributed by atoms with Crippen molar-refractivity contribution in [3.05, 3.63) is 69.1 Å². The van der Waals surface area contributed by atoms with Crippen LogP contribution in [0.1, 0.15) is 27.0 Å². The van der Waals surface area contributed by atoms with E-state index in [0.29, 0.717) is 11.3 Å². The summed E-state index contributed by atoms with van der Waals surface area (Å²) in [5.74, 6) is -1.97. The second-order valence-electron chi connectivity index (χ2n) is 6.42. The number of carbonyl (C=O) groups is 3. The maximum atomic E-state index is 12.5. The summed E-state index contributed by atoms with van der Waals surface area (Å²) in [4.78, 5) is 51.6. The van der Waals surface area contributed by atoms with Gasteiger partial charge in [-0.2, -0.15) is 0 Å². The average molecular weight is 487 g/mol. The van der Waals surface area contributed by atoms with E-state index in [9.17, 15) is 24.5 Å². The van der Waals surface area contributed by atoms with E-state index in [4.69, 9.17) is 10.5 Å². The van der Waals surface area contributed by atoms with Crippen LogP contribution >= 0.6 is 23.1 Å². The highest BCUT2D eigenvalue weighted by Gasteiger charge is 2.22. The Hall–Kier alpha value is -3.77. The van der Waals surface area contributed by atoms with E-state index in [1.807, 2.05) is 6.07 Å². The molecule has 3 aromatic rings. The molecule has 0 saturated carbocycles. The van der Waals surface area contributed by atoms with Gasteiger partial charge < -0.3 is 15.8 Å². The molecule has 3 N–H and O–H groups in total. The van der Waals surface area contributed by atoms with Gasteiger partial charge in [-0.1, -0.05) is 41.7 Å². The number of ether oxygens (including phenoxy) is 1. The zero-order chi connectivity index (χ0) is 24.0. The molecule has 0 spiro atoms. The largest absolute Gasteiger partial charge is 0.462 e. The second kappa shape index (κ2) is 10.7. The lowest BCUT2D eigenvalue weighted by Gasteiger charge is -2.04. The summed E-state index contributed by atoms with van der Waals surface area (Å²) < 4.78 is 5.09. The van der Waals surface area contributed by atoms with Crippen molar-refractivity contribution in [1.29, 1.82) is 0 Å². The van der Waals surface area contributed by atoms with Crippen LogP contribution in [0.25, 0.3) is 11.3 Å². The Morgan fingerprint density at radius 3 is 2.58 bits per heavy atom. The molecule has 33 heavy (non-hydrogen) atoms. The first-order valence-electron chi connectivity index (χ1n) is 9.54. The molecule has 1 aromatic heterocycles. The third-order valence-electron chi connectivity index (χ3n) is 4.18. The summed E-state index contributed by atoms with van der Waals surface area (Å²) in [6.07, 6.45) is 0. The standard InChI is InChI=1S/C21H18N4O6S2/c1-2-31-20(28)18-17(12-6-4-3-5-7-12)24-21(33-18)23-16(26)11-32-15-9-8-13(19(22)27)10-14(15)25(29)30/h3-10H,2,11H2,1H3,(H2,22,27)(H,23,24,26). The summed E-state index contributed by atoms with van der Waals surface area (Å²) in [5.41, 5.74) is 5.92. The van der Waals surface area contributed by atoms with Gasteiger partial charge in [0.15, 0.2) is 5.13 Å². The number of anilines is 1. The van der Waals surface area contributed by atoms with E-state index in [0.717, 1.165) is 29.2 Å². The third kappa shape index (κ3) is 5.93. The second-order valence-corrected chi connectivity index (χ2v) is 8.44. The number of amides is 2. The topological polar surface area (TPSA) is 155 Å². The van der Waals surface area contributed by atoms with Crippen LogP contribution in [-0.4, -0.2) is 40.1 Å². The van der Waals surface area contributed by atoms with Crippen molar-refractivity contribution >= 4 is 51.7 Å². The van der Waals surface area contributed by atoms with Crippen molar-refractivity contribution in [2.75, 3.05) is 17.7 Å². The smallest absolute Gasteiger partial charge is 0.350 e. The van der Waals surface area contributed by atoms with Gasteiger partial charge in [-0.15, -0.1) is 11.8 Å². The van der Waals surface area contributed by atoms with E-state index >= 15 is 0 Å². The van der Waals surface area contributed by atoms with Gasteiger partial charge in [-0.25, -0.2) is 9.78 Å². The van der Waals surface area contributed by atoms with E-state index in [1.54, 1.807) is 31.2 Å². The Kier molecular flexibility index (Phi) is 7.74. The van der Waals surface area contributed by atoms with Gasteiger partial charge in [0, 0.05) is 17.2 Å². The third-order valence-corrected chi connectivity index (χ3v) is 6.19. The number of nitrogens with one attached hydrogen (secondary N) is 1. The fourth-order valence-electron chi connectivity index (χ4n) is 2.73. The van der Waals surface area contributed by atoms with Crippen molar-refractivity contribution < 1.29 is 24.0 Å². The number of thioether (sulfide) groups is 1. The molecule has 0 radical (unpaired) electrons. The molecule has 1 heterocycles. The number of esters is 1. The molecular formula is C21H18N4O6S2. The minimum absolute atomic E-state index is 0.00165. The Bertz CT molecular complexity index is 1210. The number of nitro groups is 1. The van der Waals surface area contributed by atoms with Gasteiger partial charge in [-0.3, -0.25) is 19.7 Å². The summed E-state index contributed by atoms with van der Waals surface area (Å²) in [6.45, 7) is 1.88. The first kappa shape index (κ1) is 23.9. The Balaban J connectivity index is 1.76. The molecule has 2 aromatic carbocycles. The fraction of sp³-hybridized carbons (Fsp3) is 0.143. The maximum Gasteiger partial charge on any atom is 0.350 e. The summed E-state index contributed by atoms with van der Waals surface area (Å²) in [7, 11) is 0. The van der Waals surface area contributed by atoms with Crippen LogP contribution in [0.15, 0.2) is 53.4 Å². The van der Waals surface area contributed by atoms with Gasteiger partial charge in [0.25, 0.3) is 5.69 Å². The number of hydrogen-bond acceptors (Lipinski definition) is 9. The Labute approximate surface area is 196 Å². The number of nitrogens with two attached hydrogens (primary N) is 1. The highest BCUT2D eigenvalue weighted by Crippen LogP contribution is 2.33. The molecule has 10 nitrogen and oxygen atoms in total. The fourth-order valence-corrected chi connectivity index (χ4v) is 4.44. The van der Waals surface area contributed by atoms with E-state index in [-0.39, 0.29) is 38.5 Å². The highest BCUT2D eigenvalue weighted by molar-refractivity contribution is 8.00. The van der Waals surface area contributed by atoms with Crippen molar-refractivity contribution in [2.45, 2.75) is 11.8 Å². The Morgan fingerprint density at radius 1 is 1.21 bits per heavy atom. The zero-order valence-corrected chi connectivity index (χ0v) is 18.9. The summed E-state index contributed by atoms with van der Waals surface area (Å²) >= 11 is 1.90. The molecule has 0 atom stereocenters. The van der Waals surface area contributed by atoms with Crippen LogP contribution in [0.4, 0.5) is 10.8 Å². The van der Waals surface area contributed by atoms with Gasteiger partial charge in [-0.05, 0) is 19.1 Å². The predicted octanol–water partition coefficient (Wildman–Crippen LogP) is 3.72. The van der Waals surface area contributed by atoms with Crippen molar-refractivity contribution in [3.63, 3.8) is 0 Å². The van der Waals surface area contributed by atoms with Crippen molar-refractivity contribution in [1.82, 2.24) is 4.98 Å². The molecule has 3 rings (SSSR count). The lowest BCUT2D eigenvalue weighted by atomic mass is 10.1. The molecule has 0 unspecified atom stereocenters. The molecular weight excluding hydrogens is 468 g/mol. The predicted molar refractivity (Wildman–Crippen MR) is 124 cm³/mol. The van der Waals surface area contributed by atoms with E-state index < -0.39 is 22.7 Å². The first-order valence-corrected chi connectivity index (χ1v) is 11.3. The maximum absolute atomic E-state index is 12.5. The van der Waals surface area contributed by atoms with Crippen LogP contribution in [-0.2, 0) is 9.53 Å². The number of benzene rings is 2. The van der Waals surface area contributed by atoms with Crippen LogP contribution in [0, 0.1) is 10.1 Å². The minimum Gasteiger partial charge on any atom is -0.462 e. The van der Waals surface area contributed by atoms with Gasteiger partial charge in [0.1, 0.15) is 4.88 Å². The van der Waals surface area contributed by atoms with E-state index in [2.05, 4.69) is 10.3 Å². The molecule has 0 fully saturated rings. The SMILES string of the molecule is CCOC(=O)c1sc(NC(=O)CSc2ccc(C(N)=O)cc2[N+](=O)[O-])nc1-c1ccccc1. The van der Waals surface area contributed by atoms with Crippen molar-refractivity contribution in [2.24, 2.45) is 5.73 Å².